The van der Waals surface area contributed by atoms with E-state index in [9.17, 15) is 0 Å². The van der Waals surface area contributed by atoms with Gasteiger partial charge < -0.3 is 5.11 Å². The summed E-state index contributed by atoms with van der Waals surface area (Å²) in [6, 6.07) is 0. The van der Waals surface area contributed by atoms with Gasteiger partial charge in [-0.25, -0.2) is 0 Å². The van der Waals surface area contributed by atoms with E-state index >= 15 is 0 Å². The first kappa shape index (κ1) is 22.7. The second kappa shape index (κ2) is 39.3. The molecule has 0 rings (SSSR count). The number of rotatable bonds is 0. The molecule has 0 spiro atoms. The molecule has 0 atom stereocenters. The smallest absolute Gasteiger partial charge is 0.300 e. The summed E-state index contributed by atoms with van der Waals surface area (Å²) in [6.07, 6.45) is 1.25. The molecule has 0 radical (unpaired) electrons. The van der Waals surface area contributed by atoms with Crippen LogP contribution in [0, 0.1) is 0 Å². The molecule has 0 aliphatic rings. The van der Waals surface area contributed by atoms with E-state index in [4.69, 9.17) is 9.90 Å². The lowest BCUT2D eigenvalue weighted by atomic mass is 10.6. The van der Waals surface area contributed by atoms with Crippen LogP contribution in [0.15, 0.2) is 0 Å². The lowest BCUT2D eigenvalue weighted by Gasteiger charge is -1.59. The van der Waals surface area contributed by atoms with Crippen molar-refractivity contribution in [3.05, 3.63) is 0 Å². The highest BCUT2D eigenvalue weighted by Crippen LogP contribution is 1.56. The second-order valence-electron chi connectivity index (χ2n) is 1.23. The van der Waals surface area contributed by atoms with E-state index in [1.807, 2.05) is 13.8 Å². The molecule has 0 fully saturated rings. The third kappa shape index (κ3) is 1110. The Bertz CT molecular complexity index is 38.5. The quantitative estimate of drug-likeness (QED) is 0.576. The molecule has 0 heterocycles. The van der Waals surface area contributed by atoms with Crippen molar-refractivity contribution in [3.63, 3.8) is 0 Å². The molecule has 0 aliphatic heterocycles. The van der Waals surface area contributed by atoms with Gasteiger partial charge in [0.05, 0.1) is 0 Å². The Kier molecular flexibility index (Phi) is 89.1. The summed E-state index contributed by atoms with van der Waals surface area (Å²) in [5.74, 6) is -0.833. The summed E-state index contributed by atoms with van der Waals surface area (Å²) in [4.78, 5) is 9.00. The molecular weight excluding hydrogens is 128 g/mol. The van der Waals surface area contributed by atoms with Crippen molar-refractivity contribution in [2.45, 2.75) is 48.5 Å². The normalized spacial score (nSPS) is 4.90. The third-order valence-corrected chi connectivity index (χ3v) is 0. The molecule has 0 unspecified atom stereocenters. The van der Waals surface area contributed by atoms with Crippen LogP contribution in [0.25, 0.3) is 0 Å². The van der Waals surface area contributed by atoms with E-state index in [0.717, 1.165) is 6.92 Å². The molecule has 0 aromatic carbocycles. The van der Waals surface area contributed by atoms with Gasteiger partial charge in [-0.3, -0.25) is 4.79 Å². The fourth-order valence-corrected chi connectivity index (χ4v) is 0. The van der Waals surface area contributed by atoms with E-state index in [0.29, 0.717) is 0 Å². The van der Waals surface area contributed by atoms with Crippen molar-refractivity contribution in [2.24, 2.45) is 0 Å². The van der Waals surface area contributed by atoms with Crippen LogP contribution >= 0.6 is 0 Å². The van der Waals surface area contributed by atoms with Crippen LogP contribution in [0.5, 0.6) is 0 Å². The molecule has 2 heteroatoms. The number of hydrogen-bond acceptors (Lipinski definition) is 1. The highest BCUT2D eigenvalue weighted by molar-refractivity contribution is 5.62. The molecule has 0 saturated carbocycles. The molecule has 0 saturated heterocycles. The van der Waals surface area contributed by atoms with E-state index in [-0.39, 0.29) is 7.43 Å². The molecule has 1 N–H and O–H groups in total. The Hall–Kier alpha value is -0.530. The summed E-state index contributed by atoms with van der Waals surface area (Å²) < 4.78 is 0. The maximum Gasteiger partial charge on any atom is 0.300 e. The largest absolute Gasteiger partial charge is 0.481 e. The number of carboxylic acids is 1. The van der Waals surface area contributed by atoms with E-state index in [2.05, 4.69) is 13.8 Å². The van der Waals surface area contributed by atoms with Crippen LogP contribution in [0.1, 0.15) is 48.5 Å². The first-order chi connectivity index (χ1) is 4.15. The summed E-state index contributed by atoms with van der Waals surface area (Å²) in [7, 11) is 0. The molecule has 0 aromatic rings. The third-order valence-electron chi connectivity index (χ3n) is 0. The molecule has 0 aromatic heterocycles. The van der Waals surface area contributed by atoms with Crippen molar-refractivity contribution >= 4 is 5.97 Å². The van der Waals surface area contributed by atoms with Crippen molar-refractivity contribution in [1.82, 2.24) is 0 Å². The van der Waals surface area contributed by atoms with Gasteiger partial charge >= 0.3 is 0 Å². The van der Waals surface area contributed by atoms with Gasteiger partial charge in [0.25, 0.3) is 5.97 Å². The molecular formula is C8H22O2. The standard InChI is InChI=1S/C3H8.C2H4O2.C2H6.CH4/c1-3-2;1-2(3)4;1-2;/h3H2,1-2H3;1H3,(H,3,4);1-2H3;1H4. The predicted molar refractivity (Wildman–Crippen MR) is 47.4 cm³/mol. The average Bonchev–Trinajstić information content (AvgIpc) is 1.71. The van der Waals surface area contributed by atoms with Gasteiger partial charge in [0, 0.05) is 6.92 Å². The van der Waals surface area contributed by atoms with Gasteiger partial charge in [0.15, 0.2) is 0 Å². The zero-order valence-electron chi connectivity index (χ0n) is 7.06. The first-order valence-electron chi connectivity index (χ1n) is 3.34. The van der Waals surface area contributed by atoms with Gasteiger partial charge in [-0.05, 0) is 0 Å². The van der Waals surface area contributed by atoms with Crippen molar-refractivity contribution in [1.29, 1.82) is 0 Å². The van der Waals surface area contributed by atoms with Crippen LogP contribution in [-0.4, -0.2) is 11.1 Å². The second-order valence-corrected chi connectivity index (χ2v) is 1.23. The molecule has 2 nitrogen and oxygen atoms in total. The van der Waals surface area contributed by atoms with Crippen molar-refractivity contribution in [3.8, 4) is 0 Å². The Morgan fingerprint density at radius 1 is 1.30 bits per heavy atom. The minimum Gasteiger partial charge on any atom is -0.481 e. The number of aliphatic carboxylic acids is 1. The Labute approximate surface area is 65.3 Å². The molecule has 0 aliphatic carbocycles. The molecule has 0 bridgehead atoms. The van der Waals surface area contributed by atoms with E-state index in [1.165, 1.54) is 6.42 Å². The summed E-state index contributed by atoms with van der Waals surface area (Å²) >= 11 is 0. The minimum atomic E-state index is -0.833. The topological polar surface area (TPSA) is 37.3 Å². The minimum absolute atomic E-state index is 0. The SMILES string of the molecule is C.CC.CC(=O)O.CCC. The van der Waals surface area contributed by atoms with Gasteiger partial charge in [0.2, 0.25) is 0 Å². The van der Waals surface area contributed by atoms with Crippen LogP contribution in [0.2, 0.25) is 0 Å². The number of carboxylic acid groups (broad SMARTS) is 1. The van der Waals surface area contributed by atoms with Crippen molar-refractivity contribution in [2.75, 3.05) is 0 Å². The number of hydrogen-bond donors (Lipinski definition) is 1. The highest BCUT2D eigenvalue weighted by Gasteiger charge is 1.65. The summed E-state index contributed by atoms with van der Waals surface area (Å²) in [5, 5.41) is 7.42. The van der Waals surface area contributed by atoms with Gasteiger partial charge in [-0.15, -0.1) is 0 Å². The van der Waals surface area contributed by atoms with E-state index < -0.39 is 5.97 Å². The monoisotopic (exact) mass is 150 g/mol. The lowest BCUT2D eigenvalue weighted by molar-refractivity contribution is -0.134. The van der Waals surface area contributed by atoms with E-state index in [1.54, 1.807) is 0 Å². The Morgan fingerprint density at radius 2 is 1.30 bits per heavy atom. The predicted octanol–water partition coefficient (Wildman–Crippen LogP) is 3.17. The van der Waals surface area contributed by atoms with Crippen LogP contribution in [-0.2, 0) is 4.79 Å². The van der Waals surface area contributed by atoms with Gasteiger partial charge in [-0.2, -0.15) is 0 Å². The average molecular weight is 150 g/mol. The highest BCUT2D eigenvalue weighted by atomic mass is 16.4. The maximum atomic E-state index is 9.00. The van der Waals surface area contributed by atoms with Crippen LogP contribution < -0.4 is 0 Å². The lowest BCUT2D eigenvalue weighted by Crippen LogP contribution is -1.78. The van der Waals surface area contributed by atoms with Gasteiger partial charge in [-0.1, -0.05) is 41.5 Å². The first-order valence-corrected chi connectivity index (χ1v) is 3.34. The zero-order valence-corrected chi connectivity index (χ0v) is 7.06. The fourth-order valence-electron chi connectivity index (χ4n) is 0. The summed E-state index contributed by atoms with van der Waals surface area (Å²) in [5.41, 5.74) is 0. The summed E-state index contributed by atoms with van der Waals surface area (Å²) in [6.45, 7) is 9.33. The number of carbonyl (C=O) groups is 1. The molecule has 10 heavy (non-hydrogen) atoms. The van der Waals surface area contributed by atoms with Crippen LogP contribution in [0.4, 0.5) is 0 Å². The Morgan fingerprint density at radius 3 is 1.30 bits per heavy atom. The maximum absolute atomic E-state index is 9.00. The van der Waals surface area contributed by atoms with Crippen molar-refractivity contribution < 1.29 is 9.90 Å². The van der Waals surface area contributed by atoms with Crippen LogP contribution in [0.3, 0.4) is 0 Å². The zero-order chi connectivity index (χ0) is 8.28. The molecule has 66 valence electrons. The Balaban J connectivity index is -0.0000000273. The van der Waals surface area contributed by atoms with Gasteiger partial charge in [0.1, 0.15) is 0 Å². The molecule has 0 amide bonds. The fraction of sp³-hybridized carbons (Fsp3) is 0.875.